The summed E-state index contributed by atoms with van der Waals surface area (Å²) in [6, 6.07) is 1.30. The molecule has 0 aromatic carbocycles. The van der Waals surface area contributed by atoms with Gasteiger partial charge in [-0.1, -0.05) is 32.5 Å². The third-order valence-corrected chi connectivity index (χ3v) is 5.21. The van der Waals surface area contributed by atoms with E-state index in [2.05, 4.69) is 45.0 Å². The topological polar surface area (TPSA) is 27.6 Å². The highest BCUT2D eigenvalue weighted by molar-refractivity contribution is 8.14. The smallest absolute Gasteiger partial charge is 0.157 e. The Morgan fingerprint density at radius 2 is 2.16 bits per heavy atom. The van der Waals surface area contributed by atoms with E-state index in [4.69, 9.17) is 4.99 Å². The molecule has 1 fully saturated rings. The second-order valence-corrected chi connectivity index (χ2v) is 8.63. The molecule has 0 bridgehead atoms. The van der Waals surface area contributed by atoms with Gasteiger partial charge in [-0.25, -0.2) is 0 Å². The van der Waals surface area contributed by atoms with Gasteiger partial charge in [0.25, 0.3) is 0 Å². The average Bonchev–Trinajstić information content (AvgIpc) is 2.68. The summed E-state index contributed by atoms with van der Waals surface area (Å²) in [6.45, 7) is 11.5. The number of piperidine rings is 1. The molecule has 1 N–H and O–H groups in total. The first-order chi connectivity index (χ1) is 8.83. The lowest BCUT2D eigenvalue weighted by molar-refractivity contribution is 0.177. The molecule has 19 heavy (non-hydrogen) atoms. The molecule has 110 valence electrons. The number of amidine groups is 1. The monoisotopic (exact) mass is 283 g/mol. The molecule has 3 unspecified atom stereocenters. The Bertz CT molecular complexity index is 335. The molecule has 0 radical (unpaired) electrons. The van der Waals surface area contributed by atoms with Crippen LogP contribution >= 0.6 is 11.8 Å². The fourth-order valence-electron chi connectivity index (χ4n) is 2.88. The van der Waals surface area contributed by atoms with Gasteiger partial charge in [0, 0.05) is 23.9 Å². The van der Waals surface area contributed by atoms with Crippen LogP contribution in [-0.2, 0) is 0 Å². The highest BCUT2D eigenvalue weighted by Gasteiger charge is 2.28. The minimum Gasteiger partial charge on any atom is -0.362 e. The Hall–Kier alpha value is -0.220. The molecule has 0 amide bonds. The number of rotatable bonds is 2. The molecular formula is C15H29N3S. The van der Waals surface area contributed by atoms with Crippen molar-refractivity contribution in [3.8, 4) is 0 Å². The Kier molecular flexibility index (Phi) is 4.83. The third-order valence-electron chi connectivity index (χ3n) is 4.09. The van der Waals surface area contributed by atoms with E-state index >= 15 is 0 Å². The van der Waals surface area contributed by atoms with Gasteiger partial charge < -0.3 is 10.2 Å². The van der Waals surface area contributed by atoms with E-state index in [1.54, 1.807) is 0 Å². The minimum atomic E-state index is 0.407. The molecule has 2 heterocycles. The van der Waals surface area contributed by atoms with Crippen molar-refractivity contribution >= 4 is 16.9 Å². The number of aliphatic imine (C=N–C) groups is 1. The lowest BCUT2D eigenvalue weighted by atomic mass is 9.90. The summed E-state index contributed by atoms with van der Waals surface area (Å²) in [5.74, 6) is 0. The summed E-state index contributed by atoms with van der Waals surface area (Å²) in [7, 11) is 2.22. The number of nitrogens with zero attached hydrogens (tertiary/aromatic N) is 2. The zero-order chi connectivity index (χ0) is 14.0. The predicted octanol–water partition coefficient (Wildman–Crippen LogP) is 2.97. The molecule has 2 aliphatic heterocycles. The van der Waals surface area contributed by atoms with Crippen LogP contribution in [0, 0.1) is 5.41 Å². The second kappa shape index (κ2) is 6.04. The zero-order valence-electron chi connectivity index (χ0n) is 13.1. The van der Waals surface area contributed by atoms with Gasteiger partial charge in [-0.05, 0) is 38.6 Å². The van der Waals surface area contributed by atoms with E-state index in [-0.39, 0.29) is 0 Å². The summed E-state index contributed by atoms with van der Waals surface area (Å²) >= 11 is 1.96. The van der Waals surface area contributed by atoms with E-state index in [0.29, 0.717) is 22.7 Å². The molecule has 0 aliphatic carbocycles. The quantitative estimate of drug-likeness (QED) is 0.844. The van der Waals surface area contributed by atoms with Crippen LogP contribution in [0.15, 0.2) is 4.99 Å². The van der Waals surface area contributed by atoms with Gasteiger partial charge in [-0.15, -0.1) is 0 Å². The largest absolute Gasteiger partial charge is 0.362 e. The van der Waals surface area contributed by atoms with Crippen LogP contribution in [0.5, 0.6) is 0 Å². The molecule has 0 saturated carbocycles. The normalized spacial score (nSPS) is 33.3. The fourth-order valence-corrected chi connectivity index (χ4v) is 4.31. The molecular weight excluding hydrogens is 254 g/mol. The maximum Gasteiger partial charge on any atom is 0.157 e. The lowest BCUT2D eigenvalue weighted by Gasteiger charge is -2.35. The molecule has 1 saturated heterocycles. The van der Waals surface area contributed by atoms with Crippen molar-refractivity contribution in [2.45, 2.75) is 64.3 Å². The van der Waals surface area contributed by atoms with Gasteiger partial charge in [-0.2, -0.15) is 0 Å². The maximum atomic E-state index is 4.69. The van der Waals surface area contributed by atoms with Crippen LogP contribution in [0.25, 0.3) is 0 Å². The van der Waals surface area contributed by atoms with Crippen LogP contribution in [0.2, 0.25) is 0 Å². The number of hydrogen-bond acceptors (Lipinski definition) is 4. The van der Waals surface area contributed by atoms with Crippen molar-refractivity contribution in [2.24, 2.45) is 10.4 Å². The van der Waals surface area contributed by atoms with Crippen LogP contribution in [0.4, 0.5) is 0 Å². The lowest BCUT2D eigenvalue weighted by Crippen LogP contribution is -2.46. The Morgan fingerprint density at radius 3 is 2.79 bits per heavy atom. The number of thioether (sulfide) groups is 1. The highest BCUT2D eigenvalue weighted by atomic mass is 32.2. The Balaban J connectivity index is 1.76. The molecule has 0 spiro atoms. The van der Waals surface area contributed by atoms with E-state index in [1.807, 2.05) is 11.8 Å². The average molecular weight is 283 g/mol. The molecule has 2 aliphatic rings. The summed E-state index contributed by atoms with van der Waals surface area (Å²) < 4.78 is 0. The molecule has 0 aromatic heterocycles. The van der Waals surface area contributed by atoms with Crippen molar-refractivity contribution < 1.29 is 0 Å². The van der Waals surface area contributed by atoms with Crippen LogP contribution in [0.3, 0.4) is 0 Å². The third kappa shape index (κ3) is 4.67. The zero-order valence-corrected chi connectivity index (χ0v) is 13.9. The van der Waals surface area contributed by atoms with Crippen molar-refractivity contribution in [3.05, 3.63) is 0 Å². The predicted molar refractivity (Wildman–Crippen MR) is 86.0 cm³/mol. The Labute approximate surface area is 122 Å². The number of hydrogen-bond donors (Lipinski definition) is 1. The molecule has 3 nitrogen and oxygen atoms in total. The minimum absolute atomic E-state index is 0.407. The van der Waals surface area contributed by atoms with Gasteiger partial charge >= 0.3 is 0 Å². The van der Waals surface area contributed by atoms with Crippen LogP contribution < -0.4 is 5.32 Å². The van der Waals surface area contributed by atoms with Gasteiger partial charge in [0.2, 0.25) is 0 Å². The molecule has 2 rings (SSSR count). The molecule has 3 atom stereocenters. The van der Waals surface area contributed by atoms with E-state index in [1.165, 1.54) is 31.0 Å². The number of likely N-dealkylation sites (tertiary alicyclic amines) is 1. The highest BCUT2D eigenvalue weighted by Crippen LogP contribution is 2.32. The first-order valence-electron chi connectivity index (χ1n) is 7.51. The van der Waals surface area contributed by atoms with Crippen molar-refractivity contribution in [2.75, 3.05) is 20.1 Å². The number of nitrogens with one attached hydrogen (secondary N) is 1. The van der Waals surface area contributed by atoms with E-state index in [9.17, 15) is 0 Å². The SMILES string of the molecule is CC1CC(NC2=NCC(CC(C)(C)C)S2)CCN1C. The van der Waals surface area contributed by atoms with Gasteiger partial charge in [0.05, 0.1) is 6.54 Å². The van der Waals surface area contributed by atoms with Crippen LogP contribution in [-0.4, -0.2) is 47.5 Å². The van der Waals surface area contributed by atoms with Gasteiger partial charge in [0.15, 0.2) is 5.17 Å². The molecule has 0 aromatic rings. The fraction of sp³-hybridized carbons (Fsp3) is 0.933. The summed E-state index contributed by atoms with van der Waals surface area (Å²) in [5.41, 5.74) is 0.407. The standard InChI is InChI=1S/C15H29N3S/c1-11-8-12(6-7-18(11)5)17-14-16-10-13(19-14)9-15(2,3)4/h11-13H,6-10H2,1-5H3,(H,16,17). The first-order valence-corrected chi connectivity index (χ1v) is 8.39. The summed E-state index contributed by atoms with van der Waals surface area (Å²) in [4.78, 5) is 7.14. The summed E-state index contributed by atoms with van der Waals surface area (Å²) in [6.07, 6.45) is 3.72. The first kappa shape index (κ1) is 15.2. The van der Waals surface area contributed by atoms with Gasteiger partial charge in [-0.3, -0.25) is 4.99 Å². The van der Waals surface area contributed by atoms with Crippen molar-refractivity contribution in [1.29, 1.82) is 0 Å². The molecule has 4 heteroatoms. The van der Waals surface area contributed by atoms with Crippen molar-refractivity contribution in [1.82, 2.24) is 10.2 Å². The second-order valence-electron chi connectivity index (χ2n) is 7.35. The Morgan fingerprint density at radius 1 is 1.42 bits per heavy atom. The van der Waals surface area contributed by atoms with Crippen LogP contribution in [0.1, 0.15) is 47.0 Å². The maximum absolute atomic E-state index is 4.69. The van der Waals surface area contributed by atoms with Crippen molar-refractivity contribution in [3.63, 3.8) is 0 Å². The van der Waals surface area contributed by atoms with E-state index in [0.717, 1.165) is 6.54 Å². The van der Waals surface area contributed by atoms with Gasteiger partial charge in [0.1, 0.15) is 0 Å². The van der Waals surface area contributed by atoms with E-state index < -0.39 is 0 Å². The summed E-state index contributed by atoms with van der Waals surface area (Å²) in [5, 5.41) is 5.53.